The van der Waals surface area contributed by atoms with Gasteiger partial charge in [0.05, 0.1) is 27.0 Å². The average Bonchev–Trinajstić information content (AvgIpc) is 3.13. The van der Waals surface area contributed by atoms with Crippen LogP contribution in [0.2, 0.25) is 0 Å². The van der Waals surface area contributed by atoms with Crippen LogP contribution in [0.5, 0.6) is 17.2 Å². The van der Waals surface area contributed by atoms with Gasteiger partial charge in [-0.05, 0) is 36.8 Å². The first-order chi connectivity index (χ1) is 13.5. The highest BCUT2D eigenvalue weighted by Gasteiger charge is 2.25. The summed E-state index contributed by atoms with van der Waals surface area (Å²) in [7, 11) is 4.63. The highest BCUT2D eigenvalue weighted by atomic mass is 16.5. The highest BCUT2D eigenvalue weighted by molar-refractivity contribution is 6.02. The van der Waals surface area contributed by atoms with Gasteiger partial charge in [-0.2, -0.15) is 0 Å². The summed E-state index contributed by atoms with van der Waals surface area (Å²) in [5, 5.41) is 5.52. The second kappa shape index (κ2) is 8.51. The van der Waals surface area contributed by atoms with Gasteiger partial charge in [0, 0.05) is 30.4 Å². The molecule has 1 fully saturated rings. The second-order valence-electron chi connectivity index (χ2n) is 6.18. The van der Waals surface area contributed by atoms with Crippen LogP contribution in [-0.2, 0) is 4.79 Å². The van der Waals surface area contributed by atoms with Crippen molar-refractivity contribution in [2.75, 3.05) is 43.4 Å². The van der Waals surface area contributed by atoms with Crippen LogP contribution in [-0.4, -0.2) is 39.8 Å². The number of carbonyl (C=O) groups is 2. The third-order valence-electron chi connectivity index (χ3n) is 4.44. The Labute approximate surface area is 163 Å². The molecule has 8 heteroatoms. The molecule has 0 atom stereocenters. The monoisotopic (exact) mass is 385 g/mol. The SMILES string of the molecule is COc1ccc(NC(=O)Nc2ccc(OC)c(N3CCCC3=O)c2)cc1OC. The van der Waals surface area contributed by atoms with E-state index in [1.54, 1.807) is 55.5 Å². The van der Waals surface area contributed by atoms with Crippen LogP contribution in [0.25, 0.3) is 0 Å². The average molecular weight is 385 g/mol. The van der Waals surface area contributed by atoms with E-state index >= 15 is 0 Å². The predicted molar refractivity (Wildman–Crippen MR) is 107 cm³/mol. The number of urea groups is 1. The standard InChI is InChI=1S/C20H23N3O5/c1-26-16-8-6-13(11-15(16)23-10-4-5-19(23)24)21-20(25)22-14-7-9-17(27-2)18(12-14)28-3/h6-9,11-12H,4-5,10H2,1-3H3,(H2,21,22,25). The number of rotatable bonds is 6. The Hall–Kier alpha value is -3.42. The zero-order chi connectivity index (χ0) is 20.1. The molecule has 3 amide bonds. The number of nitrogens with zero attached hydrogens (tertiary/aromatic N) is 1. The number of anilines is 3. The van der Waals surface area contributed by atoms with Crippen LogP contribution in [0.4, 0.5) is 21.9 Å². The summed E-state index contributed by atoms with van der Waals surface area (Å²) in [6, 6.07) is 9.85. The predicted octanol–water partition coefficient (Wildman–Crippen LogP) is 3.48. The van der Waals surface area contributed by atoms with Crippen molar-refractivity contribution in [3.8, 4) is 17.2 Å². The van der Waals surface area contributed by atoms with E-state index in [1.807, 2.05) is 0 Å². The molecule has 148 valence electrons. The van der Waals surface area contributed by atoms with Crippen molar-refractivity contribution in [1.29, 1.82) is 0 Å². The number of nitrogens with one attached hydrogen (secondary N) is 2. The van der Waals surface area contributed by atoms with Gasteiger partial charge in [-0.25, -0.2) is 4.79 Å². The Morgan fingerprint density at radius 3 is 2.07 bits per heavy atom. The fourth-order valence-electron chi connectivity index (χ4n) is 3.09. The summed E-state index contributed by atoms with van der Waals surface area (Å²) < 4.78 is 15.8. The summed E-state index contributed by atoms with van der Waals surface area (Å²) in [5.41, 5.74) is 1.75. The smallest absolute Gasteiger partial charge is 0.323 e. The quantitative estimate of drug-likeness (QED) is 0.795. The maximum atomic E-state index is 12.4. The number of ether oxygens (including phenoxy) is 3. The van der Waals surface area contributed by atoms with Gasteiger partial charge in [-0.1, -0.05) is 0 Å². The van der Waals surface area contributed by atoms with Crippen molar-refractivity contribution in [3.05, 3.63) is 36.4 Å². The fourth-order valence-corrected chi connectivity index (χ4v) is 3.09. The minimum atomic E-state index is -0.420. The molecule has 1 aliphatic heterocycles. The Bertz CT molecular complexity index is 884. The summed E-state index contributed by atoms with van der Waals surface area (Å²) in [6.07, 6.45) is 1.32. The molecule has 0 spiro atoms. The van der Waals surface area contributed by atoms with Crippen molar-refractivity contribution in [3.63, 3.8) is 0 Å². The number of amides is 3. The van der Waals surface area contributed by atoms with E-state index in [2.05, 4.69) is 10.6 Å². The lowest BCUT2D eigenvalue weighted by Crippen LogP contribution is -2.25. The Morgan fingerprint density at radius 2 is 1.50 bits per heavy atom. The lowest BCUT2D eigenvalue weighted by Gasteiger charge is -2.20. The van der Waals surface area contributed by atoms with Gasteiger partial charge in [-0.3, -0.25) is 4.79 Å². The topological polar surface area (TPSA) is 89.1 Å². The molecule has 2 aromatic carbocycles. The molecule has 8 nitrogen and oxygen atoms in total. The van der Waals surface area contributed by atoms with Crippen LogP contribution in [0.3, 0.4) is 0 Å². The molecule has 0 aromatic heterocycles. The molecule has 0 radical (unpaired) electrons. The van der Waals surface area contributed by atoms with Crippen molar-refractivity contribution >= 4 is 29.0 Å². The van der Waals surface area contributed by atoms with Crippen molar-refractivity contribution < 1.29 is 23.8 Å². The van der Waals surface area contributed by atoms with Crippen LogP contribution in [0.1, 0.15) is 12.8 Å². The molecular weight excluding hydrogens is 362 g/mol. The number of carbonyl (C=O) groups excluding carboxylic acids is 2. The zero-order valence-electron chi connectivity index (χ0n) is 16.1. The Balaban J connectivity index is 1.74. The summed E-state index contributed by atoms with van der Waals surface area (Å²) >= 11 is 0. The van der Waals surface area contributed by atoms with Gasteiger partial charge in [0.25, 0.3) is 0 Å². The first-order valence-electron chi connectivity index (χ1n) is 8.84. The van der Waals surface area contributed by atoms with Gasteiger partial charge >= 0.3 is 6.03 Å². The van der Waals surface area contributed by atoms with Crippen molar-refractivity contribution in [2.45, 2.75) is 12.8 Å². The molecule has 0 unspecified atom stereocenters. The lowest BCUT2D eigenvalue weighted by molar-refractivity contribution is -0.117. The third-order valence-corrected chi connectivity index (χ3v) is 4.44. The van der Waals surface area contributed by atoms with Gasteiger partial charge in [0.1, 0.15) is 5.75 Å². The van der Waals surface area contributed by atoms with Crippen LogP contribution in [0, 0.1) is 0 Å². The number of methoxy groups -OCH3 is 3. The van der Waals surface area contributed by atoms with Gasteiger partial charge in [0.15, 0.2) is 11.5 Å². The van der Waals surface area contributed by atoms with E-state index in [4.69, 9.17) is 14.2 Å². The van der Waals surface area contributed by atoms with E-state index in [1.165, 1.54) is 7.11 Å². The Morgan fingerprint density at radius 1 is 0.893 bits per heavy atom. The first kappa shape index (κ1) is 19.3. The zero-order valence-corrected chi connectivity index (χ0v) is 16.1. The van der Waals surface area contributed by atoms with E-state index < -0.39 is 6.03 Å². The summed E-state index contributed by atoms with van der Waals surface area (Å²) in [5.74, 6) is 1.72. The number of benzene rings is 2. The number of hydrogen-bond donors (Lipinski definition) is 2. The van der Waals surface area contributed by atoms with E-state index in [9.17, 15) is 9.59 Å². The molecule has 0 aliphatic carbocycles. The van der Waals surface area contributed by atoms with Gasteiger partial charge in [0.2, 0.25) is 5.91 Å². The van der Waals surface area contributed by atoms with Crippen LogP contribution in [0.15, 0.2) is 36.4 Å². The summed E-state index contributed by atoms with van der Waals surface area (Å²) in [4.78, 5) is 26.1. The molecule has 3 rings (SSSR count). The molecule has 1 aliphatic rings. The van der Waals surface area contributed by atoms with Crippen molar-refractivity contribution in [1.82, 2.24) is 0 Å². The first-order valence-corrected chi connectivity index (χ1v) is 8.84. The maximum Gasteiger partial charge on any atom is 0.323 e. The fraction of sp³-hybridized carbons (Fsp3) is 0.300. The molecule has 0 saturated carbocycles. The van der Waals surface area contributed by atoms with Gasteiger partial charge in [-0.15, -0.1) is 0 Å². The molecule has 28 heavy (non-hydrogen) atoms. The Kier molecular flexibility index (Phi) is 5.88. The number of hydrogen-bond acceptors (Lipinski definition) is 5. The molecule has 1 saturated heterocycles. The summed E-state index contributed by atoms with van der Waals surface area (Å²) in [6.45, 7) is 0.635. The van der Waals surface area contributed by atoms with E-state index in [0.717, 1.165) is 6.42 Å². The lowest BCUT2D eigenvalue weighted by atomic mass is 10.2. The maximum absolute atomic E-state index is 12.4. The molecular formula is C20H23N3O5. The minimum absolute atomic E-state index is 0.0465. The molecule has 2 aromatic rings. The minimum Gasteiger partial charge on any atom is -0.495 e. The van der Waals surface area contributed by atoms with Crippen LogP contribution >= 0.6 is 0 Å². The van der Waals surface area contributed by atoms with E-state index in [0.29, 0.717) is 47.3 Å². The molecule has 1 heterocycles. The normalized spacial score (nSPS) is 13.2. The molecule has 2 N–H and O–H groups in total. The molecule has 0 bridgehead atoms. The second-order valence-corrected chi connectivity index (χ2v) is 6.18. The van der Waals surface area contributed by atoms with Crippen molar-refractivity contribution in [2.24, 2.45) is 0 Å². The largest absolute Gasteiger partial charge is 0.495 e. The highest BCUT2D eigenvalue weighted by Crippen LogP contribution is 2.34. The van der Waals surface area contributed by atoms with E-state index in [-0.39, 0.29) is 5.91 Å². The van der Waals surface area contributed by atoms with Gasteiger partial charge < -0.3 is 29.7 Å². The third kappa shape index (κ3) is 4.11. The van der Waals surface area contributed by atoms with Crippen LogP contribution < -0.4 is 29.7 Å².